The third-order valence-corrected chi connectivity index (χ3v) is 3.36. The normalized spacial score (nSPS) is 10.9. The number of carbonyl (C=O) groups is 1. The number of carbonyl (C=O) groups excluding carboxylic acids is 1. The van der Waals surface area contributed by atoms with Crippen molar-refractivity contribution >= 4 is 43.7 Å². The molecule has 96 valence electrons. The Bertz CT molecular complexity index is 613. The summed E-state index contributed by atoms with van der Waals surface area (Å²) in [5, 5.41) is 0. The van der Waals surface area contributed by atoms with Crippen molar-refractivity contribution in [1.29, 1.82) is 0 Å². The van der Waals surface area contributed by atoms with E-state index in [1.54, 1.807) is 6.08 Å². The van der Waals surface area contributed by atoms with Crippen molar-refractivity contribution in [3.05, 3.63) is 74.4 Å². The highest BCUT2D eigenvalue weighted by Crippen LogP contribution is 2.21. The number of ketones is 1. The minimum atomic E-state index is -0.351. The molecule has 0 radical (unpaired) electrons. The number of rotatable bonds is 3. The molecule has 0 aliphatic carbocycles. The third kappa shape index (κ3) is 4.11. The molecular formula is C15H9Br2FO. The lowest BCUT2D eigenvalue weighted by molar-refractivity contribution is 0.104. The molecule has 0 saturated carbocycles. The van der Waals surface area contributed by atoms with Gasteiger partial charge in [-0.3, -0.25) is 4.79 Å². The van der Waals surface area contributed by atoms with Gasteiger partial charge >= 0.3 is 0 Å². The molecule has 0 aliphatic rings. The smallest absolute Gasteiger partial charge is 0.185 e. The molecule has 2 aromatic carbocycles. The summed E-state index contributed by atoms with van der Waals surface area (Å²) in [6.45, 7) is 0. The highest BCUT2D eigenvalue weighted by atomic mass is 79.9. The van der Waals surface area contributed by atoms with Crippen LogP contribution < -0.4 is 0 Å². The summed E-state index contributed by atoms with van der Waals surface area (Å²) in [6.07, 6.45) is 3.20. The van der Waals surface area contributed by atoms with Crippen LogP contribution >= 0.6 is 31.9 Å². The number of hydrogen-bond acceptors (Lipinski definition) is 1. The average molecular weight is 384 g/mol. The van der Waals surface area contributed by atoms with Gasteiger partial charge in [-0.25, -0.2) is 4.39 Å². The molecule has 0 unspecified atom stereocenters. The van der Waals surface area contributed by atoms with E-state index >= 15 is 0 Å². The van der Waals surface area contributed by atoms with E-state index in [9.17, 15) is 9.18 Å². The lowest BCUT2D eigenvalue weighted by Crippen LogP contribution is -1.93. The van der Waals surface area contributed by atoms with Crippen LogP contribution in [-0.4, -0.2) is 5.78 Å². The molecule has 0 heterocycles. The van der Waals surface area contributed by atoms with Gasteiger partial charge in [-0.15, -0.1) is 0 Å². The maximum absolute atomic E-state index is 12.7. The van der Waals surface area contributed by atoms with Crippen LogP contribution in [0.15, 0.2) is 57.5 Å². The van der Waals surface area contributed by atoms with E-state index in [-0.39, 0.29) is 11.6 Å². The van der Waals surface area contributed by atoms with Gasteiger partial charge in [0.25, 0.3) is 0 Å². The number of benzene rings is 2. The Morgan fingerprint density at radius 2 is 1.58 bits per heavy atom. The monoisotopic (exact) mass is 382 g/mol. The largest absolute Gasteiger partial charge is 0.289 e. The first-order chi connectivity index (χ1) is 9.04. The summed E-state index contributed by atoms with van der Waals surface area (Å²) < 4.78 is 14.6. The topological polar surface area (TPSA) is 17.1 Å². The summed E-state index contributed by atoms with van der Waals surface area (Å²) in [5.41, 5.74) is 1.36. The van der Waals surface area contributed by atoms with Crippen molar-refractivity contribution in [2.75, 3.05) is 0 Å². The molecule has 0 fully saturated rings. The second-order valence-corrected chi connectivity index (χ2v) is 5.74. The Balaban J connectivity index is 2.18. The second-order valence-electron chi connectivity index (χ2n) is 3.91. The van der Waals surface area contributed by atoms with Crippen LogP contribution in [0.5, 0.6) is 0 Å². The van der Waals surface area contributed by atoms with E-state index < -0.39 is 0 Å². The molecule has 0 N–H and O–H groups in total. The predicted molar refractivity (Wildman–Crippen MR) is 81.6 cm³/mol. The van der Waals surface area contributed by atoms with Gasteiger partial charge in [0.15, 0.2) is 5.78 Å². The quantitative estimate of drug-likeness (QED) is 0.522. The summed E-state index contributed by atoms with van der Waals surface area (Å²) in [6, 6.07) is 11.2. The Morgan fingerprint density at radius 1 is 1.00 bits per heavy atom. The Labute approximate surface area is 127 Å². The van der Waals surface area contributed by atoms with Crippen LogP contribution in [0, 0.1) is 5.82 Å². The average Bonchev–Trinajstić information content (AvgIpc) is 2.36. The van der Waals surface area contributed by atoms with E-state index in [0.717, 1.165) is 14.5 Å². The van der Waals surface area contributed by atoms with Crippen LogP contribution in [0.1, 0.15) is 15.9 Å². The van der Waals surface area contributed by atoms with E-state index in [1.165, 1.54) is 30.3 Å². The molecule has 0 saturated heterocycles. The molecule has 0 amide bonds. The first kappa shape index (κ1) is 14.2. The standard InChI is InChI=1S/C15H9Br2FO/c16-12-7-10(8-13(17)9-12)1-6-15(19)11-2-4-14(18)5-3-11/h1-9H/b6-1+. The molecule has 0 atom stereocenters. The Hall–Kier alpha value is -1.26. The van der Waals surface area contributed by atoms with Crippen molar-refractivity contribution in [3.63, 3.8) is 0 Å². The predicted octanol–water partition coefficient (Wildman–Crippen LogP) is 5.25. The molecule has 0 bridgehead atoms. The summed E-state index contributed by atoms with van der Waals surface area (Å²) in [5.74, 6) is -0.507. The maximum Gasteiger partial charge on any atom is 0.185 e. The molecular weight excluding hydrogens is 375 g/mol. The summed E-state index contributed by atoms with van der Waals surface area (Å²) in [4.78, 5) is 11.9. The molecule has 2 aromatic rings. The van der Waals surface area contributed by atoms with Gasteiger partial charge in [0, 0.05) is 14.5 Å². The van der Waals surface area contributed by atoms with E-state index in [0.29, 0.717) is 5.56 Å². The lowest BCUT2D eigenvalue weighted by Gasteiger charge is -1.98. The molecule has 0 spiro atoms. The summed E-state index contributed by atoms with van der Waals surface area (Å²) >= 11 is 6.76. The molecule has 1 nitrogen and oxygen atoms in total. The first-order valence-corrected chi connectivity index (χ1v) is 7.07. The zero-order chi connectivity index (χ0) is 13.8. The van der Waals surface area contributed by atoms with Crippen LogP contribution in [0.4, 0.5) is 4.39 Å². The molecule has 2 rings (SSSR count). The van der Waals surface area contributed by atoms with Gasteiger partial charge in [-0.05, 0) is 54.1 Å². The fourth-order valence-corrected chi connectivity index (χ4v) is 2.88. The fourth-order valence-electron chi connectivity index (χ4n) is 1.55. The minimum absolute atomic E-state index is 0.156. The van der Waals surface area contributed by atoms with Crippen LogP contribution in [0.3, 0.4) is 0 Å². The van der Waals surface area contributed by atoms with Gasteiger partial charge in [-0.2, -0.15) is 0 Å². The zero-order valence-corrected chi connectivity index (χ0v) is 12.9. The van der Waals surface area contributed by atoms with Gasteiger partial charge in [0.1, 0.15) is 5.82 Å². The van der Waals surface area contributed by atoms with Crippen molar-refractivity contribution in [3.8, 4) is 0 Å². The second kappa shape index (κ2) is 6.26. The molecule has 0 aromatic heterocycles. The number of hydrogen-bond donors (Lipinski definition) is 0. The SMILES string of the molecule is O=C(/C=C/c1cc(Br)cc(Br)c1)c1ccc(F)cc1. The minimum Gasteiger partial charge on any atom is -0.289 e. The highest BCUT2D eigenvalue weighted by molar-refractivity contribution is 9.11. The zero-order valence-electron chi connectivity index (χ0n) is 9.74. The molecule has 19 heavy (non-hydrogen) atoms. The fraction of sp³-hybridized carbons (Fsp3) is 0. The van der Waals surface area contributed by atoms with Crippen LogP contribution in [-0.2, 0) is 0 Å². The van der Waals surface area contributed by atoms with Crippen molar-refractivity contribution in [2.45, 2.75) is 0 Å². The highest BCUT2D eigenvalue weighted by Gasteiger charge is 2.02. The van der Waals surface area contributed by atoms with Gasteiger partial charge in [0.05, 0.1) is 0 Å². The van der Waals surface area contributed by atoms with Crippen molar-refractivity contribution in [1.82, 2.24) is 0 Å². The first-order valence-electron chi connectivity index (χ1n) is 5.49. The van der Waals surface area contributed by atoms with E-state index in [2.05, 4.69) is 31.9 Å². The van der Waals surface area contributed by atoms with Crippen LogP contribution in [0.2, 0.25) is 0 Å². The van der Waals surface area contributed by atoms with Gasteiger partial charge in [-0.1, -0.05) is 37.9 Å². The third-order valence-electron chi connectivity index (χ3n) is 2.44. The van der Waals surface area contributed by atoms with Crippen LogP contribution in [0.25, 0.3) is 6.08 Å². The summed E-state index contributed by atoms with van der Waals surface area (Å²) in [7, 11) is 0. The molecule has 4 heteroatoms. The van der Waals surface area contributed by atoms with E-state index in [1.807, 2.05) is 18.2 Å². The van der Waals surface area contributed by atoms with Crippen molar-refractivity contribution < 1.29 is 9.18 Å². The molecule has 0 aliphatic heterocycles. The van der Waals surface area contributed by atoms with Gasteiger partial charge in [0.2, 0.25) is 0 Å². The lowest BCUT2D eigenvalue weighted by atomic mass is 10.1. The Morgan fingerprint density at radius 3 is 2.16 bits per heavy atom. The van der Waals surface area contributed by atoms with Crippen molar-refractivity contribution in [2.24, 2.45) is 0 Å². The number of allylic oxidation sites excluding steroid dienone is 1. The Kier molecular flexibility index (Phi) is 4.66. The van der Waals surface area contributed by atoms with Gasteiger partial charge < -0.3 is 0 Å². The maximum atomic E-state index is 12.7. The number of halogens is 3. The van der Waals surface area contributed by atoms with E-state index in [4.69, 9.17) is 0 Å².